The quantitative estimate of drug-likeness (QED) is 0.784. The van der Waals surface area contributed by atoms with Crippen LogP contribution in [0.2, 0.25) is 0 Å². The molecule has 0 heterocycles. The molecule has 0 atom stereocenters. The van der Waals surface area contributed by atoms with E-state index in [1.54, 1.807) is 0 Å². The Hall–Kier alpha value is -1.06. The number of hydrogen-bond acceptors (Lipinski definition) is 3. The van der Waals surface area contributed by atoms with Crippen molar-refractivity contribution in [2.45, 2.75) is 63.3 Å². The molecule has 1 amide bonds. The molecule has 0 unspecified atom stereocenters. The molecule has 0 aromatic rings. The second kappa shape index (κ2) is 5.72. The highest BCUT2D eigenvalue weighted by atomic mass is 16.5. The topological polar surface area (TPSA) is 55.4 Å². The van der Waals surface area contributed by atoms with Gasteiger partial charge in [-0.25, -0.2) is 4.79 Å². The Morgan fingerprint density at radius 3 is 2.22 bits per heavy atom. The molecule has 0 aliphatic heterocycles. The van der Waals surface area contributed by atoms with Crippen LogP contribution in [-0.4, -0.2) is 24.5 Å². The summed E-state index contributed by atoms with van der Waals surface area (Å²) in [5, 5.41) is 3.00. The third-order valence-corrected chi connectivity index (χ3v) is 4.37. The van der Waals surface area contributed by atoms with Crippen molar-refractivity contribution in [3.63, 3.8) is 0 Å². The predicted molar refractivity (Wildman–Crippen MR) is 67.9 cm³/mol. The molecule has 2 saturated carbocycles. The van der Waals surface area contributed by atoms with Gasteiger partial charge in [0.1, 0.15) is 5.54 Å². The van der Waals surface area contributed by atoms with E-state index in [9.17, 15) is 9.59 Å². The number of hydrogen-bond donors (Lipinski definition) is 1. The van der Waals surface area contributed by atoms with Crippen molar-refractivity contribution in [1.29, 1.82) is 0 Å². The van der Waals surface area contributed by atoms with Gasteiger partial charge in [-0.3, -0.25) is 4.79 Å². The highest BCUT2D eigenvalue weighted by Crippen LogP contribution is 2.32. The molecule has 0 spiro atoms. The fourth-order valence-electron chi connectivity index (χ4n) is 3.26. The standard InChI is InChI=1S/C14H23NO3/c1-18-13(17)14(9-5-6-10-14)15-12(16)11-7-3-2-4-8-11/h11H,2-10H2,1H3,(H,15,16). The van der Waals surface area contributed by atoms with Crippen molar-refractivity contribution < 1.29 is 14.3 Å². The van der Waals surface area contributed by atoms with Crippen LogP contribution >= 0.6 is 0 Å². The van der Waals surface area contributed by atoms with Gasteiger partial charge in [-0.05, 0) is 25.7 Å². The van der Waals surface area contributed by atoms with E-state index in [0.29, 0.717) is 0 Å². The predicted octanol–water partition coefficient (Wildman–Crippen LogP) is 2.17. The maximum atomic E-state index is 12.3. The van der Waals surface area contributed by atoms with E-state index in [1.165, 1.54) is 13.5 Å². The van der Waals surface area contributed by atoms with Crippen LogP contribution in [0.25, 0.3) is 0 Å². The van der Waals surface area contributed by atoms with Gasteiger partial charge in [0.15, 0.2) is 0 Å². The van der Waals surface area contributed by atoms with Crippen molar-refractivity contribution in [2.75, 3.05) is 7.11 Å². The maximum absolute atomic E-state index is 12.3. The van der Waals surface area contributed by atoms with E-state index in [1.807, 2.05) is 0 Å². The first-order valence-electron chi connectivity index (χ1n) is 7.08. The van der Waals surface area contributed by atoms with Gasteiger partial charge in [-0.1, -0.05) is 32.1 Å². The van der Waals surface area contributed by atoms with E-state index in [4.69, 9.17) is 4.74 Å². The smallest absolute Gasteiger partial charge is 0.331 e. The Morgan fingerprint density at radius 2 is 1.67 bits per heavy atom. The van der Waals surface area contributed by atoms with Gasteiger partial charge in [0.25, 0.3) is 0 Å². The Kier molecular flexibility index (Phi) is 4.25. The van der Waals surface area contributed by atoms with Crippen molar-refractivity contribution in [2.24, 2.45) is 5.92 Å². The average Bonchev–Trinajstić information content (AvgIpc) is 2.88. The molecule has 1 N–H and O–H groups in total. The second-order valence-corrected chi connectivity index (χ2v) is 5.60. The Balaban J connectivity index is 2.00. The lowest BCUT2D eigenvalue weighted by Gasteiger charge is -2.30. The van der Waals surface area contributed by atoms with Crippen molar-refractivity contribution in [3.8, 4) is 0 Å². The molecule has 2 aliphatic rings. The summed E-state index contributed by atoms with van der Waals surface area (Å²) < 4.78 is 4.87. The van der Waals surface area contributed by atoms with Crippen LogP contribution < -0.4 is 5.32 Å². The van der Waals surface area contributed by atoms with Gasteiger partial charge in [0, 0.05) is 5.92 Å². The van der Waals surface area contributed by atoms with Crippen LogP contribution in [0.1, 0.15) is 57.8 Å². The third kappa shape index (κ3) is 2.68. The monoisotopic (exact) mass is 253 g/mol. The summed E-state index contributed by atoms with van der Waals surface area (Å²) in [5.41, 5.74) is -0.733. The molecular weight excluding hydrogens is 230 g/mol. The fourth-order valence-corrected chi connectivity index (χ4v) is 3.26. The third-order valence-electron chi connectivity index (χ3n) is 4.37. The number of methoxy groups -OCH3 is 1. The number of rotatable bonds is 3. The number of nitrogens with one attached hydrogen (secondary N) is 1. The van der Waals surface area contributed by atoms with Gasteiger partial charge in [-0.15, -0.1) is 0 Å². The van der Waals surface area contributed by atoms with Gasteiger partial charge >= 0.3 is 5.97 Å². The van der Waals surface area contributed by atoms with Crippen LogP contribution in [-0.2, 0) is 14.3 Å². The molecule has 4 nitrogen and oxygen atoms in total. The number of ether oxygens (including phenoxy) is 1. The Morgan fingerprint density at radius 1 is 1.06 bits per heavy atom. The number of carbonyl (C=O) groups is 2. The van der Waals surface area contributed by atoms with Gasteiger partial charge < -0.3 is 10.1 Å². The Labute approximate surface area is 108 Å². The van der Waals surface area contributed by atoms with Crippen molar-refractivity contribution >= 4 is 11.9 Å². The molecule has 4 heteroatoms. The minimum Gasteiger partial charge on any atom is -0.467 e. The minimum absolute atomic E-state index is 0.0574. The molecule has 102 valence electrons. The molecule has 2 aliphatic carbocycles. The lowest BCUT2D eigenvalue weighted by Crippen LogP contribution is -2.54. The van der Waals surface area contributed by atoms with Gasteiger partial charge in [-0.2, -0.15) is 0 Å². The molecule has 0 aromatic carbocycles. The second-order valence-electron chi connectivity index (χ2n) is 5.60. The molecule has 0 saturated heterocycles. The summed E-state index contributed by atoms with van der Waals surface area (Å²) in [4.78, 5) is 24.2. The van der Waals surface area contributed by atoms with Crippen molar-refractivity contribution in [3.05, 3.63) is 0 Å². The van der Waals surface area contributed by atoms with Crippen LogP contribution in [0.3, 0.4) is 0 Å². The SMILES string of the molecule is COC(=O)C1(NC(=O)C2CCCCC2)CCCC1. The molecule has 18 heavy (non-hydrogen) atoms. The first-order chi connectivity index (χ1) is 8.68. The van der Waals surface area contributed by atoms with Crippen LogP contribution in [0.15, 0.2) is 0 Å². The summed E-state index contributed by atoms with van der Waals surface area (Å²) in [7, 11) is 1.40. The van der Waals surface area contributed by atoms with E-state index in [-0.39, 0.29) is 17.8 Å². The van der Waals surface area contributed by atoms with E-state index >= 15 is 0 Å². The highest BCUT2D eigenvalue weighted by molar-refractivity contribution is 5.89. The van der Waals surface area contributed by atoms with Gasteiger partial charge in [0.05, 0.1) is 7.11 Å². The number of esters is 1. The average molecular weight is 253 g/mol. The molecule has 0 aromatic heterocycles. The maximum Gasteiger partial charge on any atom is 0.331 e. The summed E-state index contributed by atoms with van der Waals surface area (Å²) in [6.45, 7) is 0. The number of amides is 1. The first-order valence-corrected chi connectivity index (χ1v) is 7.08. The summed E-state index contributed by atoms with van der Waals surface area (Å²) in [5.74, 6) is -0.118. The summed E-state index contributed by atoms with van der Waals surface area (Å²) in [6, 6.07) is 0. The first kappa shape index (κ1) is 13.4. The lowest BCUT2D eigenvalue weighted by molar-refractivity contribution is -0.151. The normalized spacial score (nSPS) is 23.6. The zero-order valence-corrected chi connectivity index (χ0v) is 11.2. The summed E-state index contributed by atoms with van der Waals surface area (Å²) in [6.07, 6.45) is 8.82. The van der Waals surface area contributed by atoms with E-state index in [0.717, 1.165) is 51.4 Å². The highest BCUT2D eigenvalue weighted by Gasteiger charge is 2.44. The zero-order chi connectivity index (χ0) is 13.0. The van der Waals surface area contributed by atoms with Gasteiger partial charge in [0.2, 0.25) is 5.91 Å². The van der Waals surface area contributed by atoms with Crippen LogP contribution in [0.4, 0.5) is 0 Å². The fraction of sp³-hybridized carbons (Fsp3) is 0.857. The molecule has 0 radical (unpaired) electrons. The van der Waals surface area contributed by atoms with Crippen molar-refractivity contribution in [1.82, 2.24) is 5.32 Å². The molecular formula is C14H23NO3. The van der Waals surface area contributed by atoms with E-state index < -0.39 is 5.54 Å². The summed E-state index contributed by atoms with van der Waals surface area (Å²) >= 11 is 0. The minimum atomic E-state index is -0.733. The lowest BCUT2D eigenvalue weighted by atomic mass is 9.87. The largest absolute Gasteiger partial charge is 0.467 e. The van der Waals surface area contributed by atoms with Crippen LogP contribution in [0, 0.1) is 5.92 Å². The molecule has 2 rings (SSSR count). The molecule has 2 fully saturated rings. The Bertz CT molecular complexity index is 315. The molecule has 0 bridgehead atoms. The number of carbonyl (C=O) groups excluding carboxylic acids is 2. The van der Waals surface area contributed by atoms with E-state index in [2.05, 4.69) is 5.32 Å². The zero-order valence-electron chi connectivity index (χ0n) is 11.2. The van der Waals surface area contributed by atoms with Crippen LogP contribution in [0.5, 0.6) is 0 Å².